The van der Waals surface area contributed by atoms with E-state index >= 15 is 0 Å². The smallest absolute Gasteiger partial charge is 0.264 e. The largest absolute Gasteiger partial charge is 0.490 e. The van der Waals surface area contributed by atoms with Crippen molar-refractivity contribution in [2.75, 3.05) is 18.5 Å². The van der Waals surface area contributed by atoms with Crippen LogP contribution in [0.1, 0.15) is 12.5 Å². The molecule has 3 aromatic rings. The molecule has 9 heteroatoms. The standard InChI is InChI=1S/C19H19ClN4O3S/c1-2-26-15-5-3-4-6-16(15)27-11-17(25)21-18-22-19(24-23-18)28-12-13-7-9-14(20)10-8-13/h3-10H,2,11-12H2,1H3,(H2,21,22,23,24,25). The Morgan fingerprint density at radius 2 is 1.86 bits per heavy atom. The van der Waals surface area contributed by atoms with E-state index < -0.39 is 0 Å². The summed E-state index contributed by atoms with van der Waals surface area (Å²) in [5, 5.41) is 10.6. The molecule has 2 N–H and O–H groups in total. The fourth-order valence-corrected chi connectivity index (χ4v) is 3.13. The van der Waals surface area contributed by atoms with Crippen molar-refractivity contribution >= 4 is 35.2 Å². The summed E-state index contributed by atoms with van der Waals surface area (Å²) in [6.07, 6.45) is 0. The van der Waals surface area contributed by atoms with Gasteiger partial charge in [-0.1, -0.05) is 47.6 Å². The van der Waals surface area contributed by atoms with Crippen LogP contribution in [0, 0.1) is 0 Å². The molecule has 1 heterocycles. The molecule has 0 aliphatic heterocycles. The lowest BCUT2D eigenvalue weighted by Gasteiger charge is -2.10. The van der Waals surface area contributed by atoms with E-state index in [4.69, 9.17) is 21.1 Å². The van der Waals surface area contributed by atoms with Crippen LogP contribution in [0.2, 0.25) is 5.02 Å². The lowest BCUT2D eigenvalue weighted by atomic mass is 10.2. The highest BCUT2D eigenvalue weighted by Crippen LogP contribution is 2.26. The second-order valence-electron chi connectivity index (χ2n) is 5.60. The number of ether oxygens (including phenoxy) is 2. The lowest BCUT2D eigenvalue weighted by Crippen LogP contribution is -2.21. The van der Waals surface area contributed by atoms with Crippen LogP contribution < -0.4 is 14.8 Å². The molecule has 0 aliphatic carbocycles. The molecule has 7 nitrogen and oxygen atoms in total. The van der Waals surface area contributed by atoms with E-state index in [0.29, 0.717) is 34.0 Å². The third-order valence-electron chi connectivity index (χ3n) is 3.51. The van der Waals surface area contributed by atoms with Gasteiger partial charge in [-0.05, 0) is 36.8 Å². The van der Waals surface area contributed by atoms with Crippen molar-refractivity contribution in [1.82, 2.24) is 15.2 Å². The van der Waals surface area contributed by atoms with Gasteiger partial charge in [0.05, 0.1) is 6.61 Å². The number of aromatic nitrogens is 3. The first-order valence-corrected chi connectivity index (χ1v) is 9.94. The predicted octanol–water partition coefficient (Wildman–Crippen LogP) is 4.17. The third kappa shape index (κ3) is 5.90. The van der Waals surface area contributed by atoms with E-state index in [1.807, 2.05) is 43.3 Å². The summed E-state index contributed by atoms with van der Waals surface area (Å²) in [4.78, 5) is 16.3. The van der Waals surface area contributed by atoms with Gasteiger partial charge in [-0.2, -0.15) is 4.98 Å². The summed E-state index contributed by atoms with van der Waals surface area (Å²) >= 11 is 7.33. The number of halogens is 1. The van der Waals surface area contributed by atoms with Gasteiger partial charge < -0.3 is 9.47 Å². The molecule has 3 rings (SSSR count). The Kier molecular flexibility index (Phi) is 7.16. The summed E-state index contributed by atoms with van der Waals surface area (Å²) in [7, 11) is 0. The minimum absolute atomic E-state index is 0.169. The normalized spacial score (nSPS) is 10.5. The van der Waals surface area contributed by atoms with Crippen molar-refractivity contribution in [3.8, 4) is 11.5 Å². The number of thioether (sulfide) groups is 1. The van der Waals surface area contributed by atoms with E-state index in [2.05, 4.69) is 20.5 Å². The number of amides is 1. The van der Waals surface area contributed by atoms with E-state index in [-0.39, 0.29) is 18.5 Å². The van der Waals surface area contributed by atoms with Crippen LogP contribution in [-0.4, -0.2) is 34.3 Å². The second-order valence-corrected chi connectivity index (χ2v) is 6.98. The average Bonchev–Trinajstić information content (AvgIpc) is 3.14. The topological polar surface area (TPSA) is 89.1 Å². The number of para-hydroxylation sites is 2. The SMILES string of the molecule is CCOc1ccccc1OCC(=O)Nc1nc(SCc2ccc(Cl)cc2)n[nH]1. The van der Waals surface area contributed by atoms with Crippen molar-refractivity contribution in [2.45, 2.75) is 17.8 Å². The molecule has 146 valence electrons. The van der Waals surface area contributed by atoms with E-state index in [9.17, 15) is 4.79 Å². The first-order valence-electron chi connectivity index (χ1n) is 8.58. The quantitative estimate of drug-likeness (QED) is 0.507. The van der Waals surface area contributed by atoms with E-state index in [1.54, 1.807) is 12.1 Å². The van der Waals surface area contributed by atoms with Crippen LogP contribution in [0.5, 0.6) is 11.5 Å². The zero-order valence-corrected chi connectivity index (χ0v) is 16.7. The summed E-state index contributed by atoms with van der Waals surface area (Å²) in [5.41, 5.74) is 1.10. The number of hydrogen-bond donors (Lipinski definition) is 2. The molecule has 0 radical (unpaired) electrons. The minimum Gasteiger partial charge on any atom is -0.490 e. The first-order chi connectivity index (χ1) is 13.6. The van der Waals surface area contributed by atoms with Crippen LogP contribution in [-0.2, 0) is 10.5 Å². The van der Waals surface area contributed by atoms with Crippen LogP contribution in [0.4, 0.5) is 5.95 Å². The van der Waals surface area contributed by atoms with Crippen molar-refractivity contribution < 1.29 is 14.3 Å². The molecule has 1 amide bonds. The summed E-state index contributed by atoms with van der Waals surface area (Å²) < 4.78 is 11.0. The predicted molar refractivity (Wildman–Crippen MR) is 109 cm³/mol. The molecule has 0 saturated carbocycles. The maximum atomic E-state index is 12.1. The summed E-state index contributed by atoms with van der Waals surface area (Å²) in [5.74, 6) is 1.72. The Morgan fingerprint density at radius 1 is 1.14 bits per heavy atom. The Hall–Kier alpha value is -2.71. The molecule has 0 fully saturated rings. The fraction of sp³-hybridized carbons (Fsp3) is 0.211. The number of nitrogens with zero attached hydrogens (tertiary/aromatic N) is 2. The van der Waals surface area contributed by atoms with Crippen molar-refractivity contribution in [2.24, 2.45) is 0 Å². The Bertz CT molecular complexity index is 918. The van der Waals surface area contributed by atoms with Gasteiger partial charge in [0.2, 0.25) is 11.1 Å². The number of hydrogen-bond acceptors (Lipinski definition) is 6. The highest BCUT2D eigenvalue weighted by atomic mass is 35.5. The monoisotopic (exact) mass is 418 g/mol. The fourth-order valence-electron chi connectivity index (χ4n) is 2.25. The minimum atomic E-state index is -0.350. The van der Waals surface area contributed by atoms with Gasteiger partial charge in [-0.25, -0.2) is 5.10 Å². The zero-order chi connectivity index (χ0) is 19.8. The first kappa shape index (κ1) is 20.0. The van der Waals surface area contributed by atoms with Crippen LogP contribution in [0.15, 0.2) is 53.7 Å². The maximum absolute atomic E-state index is 12.1. The van der Waals surface area contributed by atoms with Crippen LogP contribution >= 0.6 is 23.4 Å². The molecular formula is C19H19ClN4O3S. The number of H-pyrrole nitrogens is 1. The Morgan fingerprint density at radius 3 is 2.57 bits per heavy atom. The van der Waals surface area contributed by atoms with Gasteiger partial charge in [0.25, 0.3) is 5.91 Å². The van der Waals surface area contributed by atoms with E-state index in [1.165, 1.54) is 11.8 Å². The molecule has 28 heavy (non-hydrogen) atoms. The lowest BCUT2D eigenvalue weighted by molar-refractivity contribution is -0.118. The number of aromatic amines is 1. The van der Waals surface area contributed by atoms with Crippen LogP contribution in [0.25, 0.3) is 0 Å². The van der Waals surface area contributed by atoms with Crippen LogP contribution in [0.3, 0.4) is 0 Å². The number of rotatable bonds is 9. The van der Waals surface area contributed by atoms with Crippen molar-refractivity contribution in [1.29, 1.82) is 0 Å². The van der Waals surface area contributed by atoms with Gasteiger partial charge in [0.1, 0.15) is 0 Å². The number of anilines is 1. The van der Waals surface area contributed by atoms with Gasteiger partial charge in [-0.15, -0.1) is 5.10 Å². The molecule has 1 aromatic heterocycles. The molecule has 2 aromatic carbocycles. The number of carbonyl (C=O) groups is 1. The number of carbonyl (C=O) groups excluding carboxylic acids is 1. The average molecular weight is 419 g/mol. The molecule has 0 aliphatic rings. The van der Waals surface area contributed by atoms with Gasteiger partial charge in [0, 0.05) is 10.8 Å². The highest BCUT2D eigenvalue weighted by molar-refractivity contribution is 7.98. The molecule has 0 atom stereocenters. The Balaban J connectivity index is 1.48. The maximum Gasteiger partial charge on any atom is 0.264 e. The zero-order valence-electron chi connectivity index (χ0n) is 15.1. The molecule has 0 unspecified atom stereocenters. The molecule has 0 saturated heterocycles. The van der Waals surface area contributed by atoms with Gasteiger partial charge in [0.15, 0.2) is 18.1 Å². The molecular weight excluding hydrogens is 400 g/mol. The Labute approximate surface area is 171 Å². The van der Waals surface area contributed by atoms with Crippen molar-refractivity contribution in [3.05, 3.63) is 59.1 Å². The second kappa shape index (κ2) is 10.0. The number of benzene rings is 2. The summed E-state index contributed by atoms with van der Waals surface area (Å²) in [6, 6.07) is 14.8. The highest BCUT2D eigenvalue weighted by Gasteiger charge is 2.10. The van der Waals surface area contributed by atoms with Gasteiger partial charge >= 0.3 is 0 Å². The van der Waals surface area contributed by atoms with Gasteiger partial charge in [-0.3, -0.25) is 10.1 Å². The van der Waals surface area contributed by atoms with Crippen molar-refractivity contribution in [3.63, 3.8) is 0 Å². The molecule has 0 spiro atoms. The number of nitrogens with one attached hydrogen (secondary N) is 2. The van der Waals surface area contributed by atoms with E-state index in [0.717, 1.165) is 5.56 Å². The molecule has 0 bridgehead atoms. The summed E-state index contributed by atoms with van der Waals surface area (Å²) in [6.45, 7) is 2.23. The third-order valence-corrected chi connectivity index (χ3v) is 4.68.